The van der Waals surface area contributed by atoms with Crippen LogP contribution in [0, 0.1) is 34.5 Å². The Labute approximate surface area is 203 Å². The molecule has 182 valence electrons. The van der Waals surface area contributed by atoms with E-state index < -0.39 is 5.97 Å². The molecule has 0 radical (unpaired) electrons. The van der Waals surface area contributed by atoms with E-state index in [2.05, 4.69) is 19.0 Å². The van der Waals surface area contributed by atoms with E-state index in [9.17, 15) is 9.59 Å². The second-order valence-electron chi connectivity index (χ2n) is 11.7. The zero-order valence-electron chi connectivity index (χ0n) is 20.8. The molecule has 34 heavy (non-hydrogen) atoms. The standard InChI is InChI=1S/C29H38N2O3/c1-18(31-34-27(33)20-6-4-19(17-30)5-7-20)24-10-11-25-23-9-8-21-16-22(32)12-14-28(21,2)26(23)13-15-29(24,25)3/h4-7,16,23-26H,8-15,17,30H2,1-3H3/b31-18+/t23?,24-,25+,26+,28+,29-/m1/s1. The first kappa shape index (κ1) is 23.5. The highest BCUT2D eigenvalue weighted by Gasteiger charge is 2.59. The SMILES string of the molecule is C/C(=N\OC(=O)c1ccc(CN)cc1)[C@H]1CC[C@H]2C3CCC4=CC(=O)CC[C@]4(C)[C@H]3CC[C@]12C. The number of ketones is 1. The number of fused-ring (bicyclic) bond motifs is 5. The van der Waals surface area contributed by atoms with Crippen molar-refractivity contribution in [1.82, 2.24) is 0 Å². The molecule has 5 heteroatoms. The van der Waals surface area contributed by atoms with Crippen LogP contribution in [0.3, 0.4) is 0 Å². The number of nitrogens with two attached hydrogens (primary N) is 1. The number of hydrogen-bond acceptors (Lipinski definition) is 5. The molecule has 5 nitrogen and oxygen atoms in total. The van der Waals surface area contributed by atoms with E-state index in [1.165, 1.54) is 31.3 Å². The van der Waals surface area contributed by atoms with Crippen molar-refractivity contribution in [3.63, 3.8) is 0 Å². The molecule has 4 aliphatic carbocycles. The van der Waals surface area contributed by atoms with Gasteiger partial charge in [0.1, 0.15) is 0 Å². The molecule has 3 saturated carbocycles. The molecule has 1 aromatic rings. The molecule has 6 atom stereocenters. The van der Waals surface area contributed by atoms with Crippen LogP contribution in [0.5, 0.6) is 0 Å². The zero-order valence-corrected chi connectivity index (χ0v) is 20.8. The Kier molecular flexibility index (Phi) is 6.04. The van der Waals surface area contributed by atoms with Gasteiger partial charge in [-0.2, -0.15) is 0 Å². The van der Waals surface area contributed by atoms with Gasteiger partial charge >= 0.3 is 5.97 Å². The molecule has 0 spiro atoms. The summed E-state index contributed by atoms with van der Waals surface area (Å²) in [5.41, 5.74) is 9.89. The molecule has 0 saturated heterocycles. The van der Waals surface area contributed by atoms with Gasteiger partial charge in [-0.3, -0.25) is 4.79 Å². The predicted molar refractivity (Wildman–Crippen MR) is 133 cm³/mol. The lowest BCUT2D eigenvalue weighted by molar-refractivity contribution is -0.117. The Balaban J connectivity index is 1.30. The highest BCUT2D eigenvalue weighted by Crippen LogP contribution is 2.66. The smallest absolute Gasteiger partial charge is 0.326 e. The van der Waals surface area contributed by atoms with E-state index in [-0.39, 0.29) is 10.8 Å². The molecule has 4 aliphatic rings. The Morgan fingerprint density at radius 1 is 1.06 bits per heavy atom. The van der Waals surface area contributed by atoms with Gasteiger partial charge in [0.05, 0.1) is 11.3 Å². The van der Waals surface area contributed by atoms with E-state index in [1.54, 1.807) is 12.1 Å². The van der Waals surface area contributed by atoms with Crippen LogP contribution in [-0.2, 0) is 16.2 Å². The highest BCUT2D eigenvalue weighted by atomic mass is 16.7. The minimum atomic E-state index is -0.419. The van der Waals surface area contributed by atoms with Gasteiger partial charge in [0.2, 0.25) is 0 Å². The Morgan fingerprint density at radius 2 is 1.82 bits per heavy atom. The monoisotopic (exact) mass is 462 g/mol. The molecule has 1 aromatic carbocycles. The minimum Gasteiger partial charge on any atom is -0.326 e. The number of rotatable bonds is 4. The van der Waals surface area contributed by atoms with Crippen molar-refractivity contribution in [3.05, 3.63) is 47.0 Å². The fourth-order valence-corrected chi connectivity index (χ4v) is 8.25. The van der Waals surface area contributed by atoms with Gasteiger partial charge in [-0.1, -0.05) is 36.7 Å². The van der Waals surface area contributed by atoms with Gasteiger partial charge in [-0.25, -0.2) is 4.79 Å². The number of carbonyl (C=O) groups excluding carboxylic acids is 2. The van der Waals surface area contributed by atoms with Crippen LogP contribution in [-0.4, -0.2) is 17.5 Å². The van der Waals surface area contributed by atoms with Crippen LogP contribution < -0.4 is 5.73 Å². The summed E-state index contributed by atoms with van der Waals surface area (Å²) in [5, 5.41) is 4.35. The molecule has 0 amide bonds. The normalized spacial score (nSPS) is 37.4. The van der Waals surface area contributed by atoms with Crippen molar-refractivity contribution in [2.45, 2.75) is 78.7 Å². The second-order valence-corrected chi connectivity index (χ2v) is 11.7. The van der Waals surface area contributed by atoms with Crippen LogP contribution in [0.4, 0.5) is 0 Å². The van der Waals surface area contributed by atoms with E-state index >= 15 is 0 Å². The first-order valence-corrected chi connectivity index (χ1v) is 13.0. The molecule has 2 N–H and O–H groups in total. The van der Waals surface area contributed by atoms with Crippen molar-refractivity contribution < 1.29 is 14.4 Å². The van der Waals surface area contributed by atoms with Crippen molar-refractivity contribution in [2.24, 2.45) is 45.4 Å². The second kappa shape index (κ2) is 8.75. The molecule has 5 rings (SSSR count). The summed E-state index contributed by atoms with van der Waals surface area (Å²) in [4.78, 5) is 30.0. The molecule has 0 bridgehead atoms. The summed E-state index contributed by atoms with van der Waals surface area (Å²) >= 11 is 0. The maximum Gasteiger partial charge on any atom is 0.365 e. The lowest BCUT2D eigenvalue weighted by Gasteiger charge is -2.58. The van der Waals surface area contributed by atoms with Gasteiger partial charge < -0.3 is 10.6 Å². The summed E-state index contributed by atoms with van der Waals surface area (Å²) in [7, 11) is 0. The van der Waals surface area contributed by atoms with Gasteiger partial charge in [-0.05, 0) is 104 Å². The van der Waals surface area contributed by atoms with Crippen molar-refractivity contribution >= 4 is 17.5 Å². The third kappa shape index (κ3) is 3.77. The van der Waals surface area contributed by atoms with E-state index in [4.69, 9.17) is 10.6 Å². The van der Waals surface area contributed by atoms with Crippen LogP contribution >= 0.6 is 0 Å². The molecule has 1 unspecified atom stereocenters. The first-order chi connectivity index (χ1) is 16.3. The summed E-state index contributed by atoms with van der Waals surface area (Å²) in [5.74, 6) is 2.34. The number of allylic oxidation sites excluding steroid dienone is 1. The maximum atomic E-state index is 12.5. The van der Waals surface area contributed by atoms with Gasteiger partial charge in [0.15, 0.2) is 5.78 Å². The topological polar surface area (TPSA) is 81.8 Å². The zero-order chi connectivity index (χ0) is 24.1. The lowest BCUT2D eigenvalue weighted by Crippen LogP contribution is -2.51. The molecule has 3 fully saturated rings. The van der Waals surface area contributed by atoms with Gasteiger partial charge in [-0.15, -0.1) is 0 Å². The minimum absolute atomic E-state index is 0.200. The summed E-state index contributed by atoms with van der Waals surface area (Å²) in [6, 6.07) is 7.19. The lowest BCUT2D eigenvalue weighted by atomic mass is 9.46. The number of benzene rings is 1. The third-order valence-electron chi connectivity index (χ3n) is 10.2. The Morgan fingerprint density at radius 3 is 2.56 bits per heavy atom. The Bertz CT molecular complexity index is 1040. The molecular weight excluding hydrogens is 424 g/mol. The van der Waals surface area contributed by atoms with Gasteiger partial charge in [0.25, 0.3) is 0 Å². The molecule has 0 aromatic heterocycles. The fraction of sp³-hybridized carbons (Fsp3) is 0.621. The molecule has 0 aliphatic heterocycles. The summed E-state index contributed by atoms with van der Waals surface area (Å²) in [6.45, 7) is 7.37. The highest BCUT2D eigenvalue weighted by molar-refractivity contribution is 5.92. The average Bonchev–Trinajstić information content (AvgIpc) is 3.20. The number of oxime groups is 1. The quantitative estimate of drug-likeness (QED) is 0.347. The molecule has 0 heterocycles. The average molecular weight is 463 g/mol. The first-order valence-electron chi connectivity index (χ1n) is 13.0. The van der Waals surface area contributed by atoms with Crippen LogP contribution in [0.1, 0.15) is 88.1 Å². The van der Waals surface area contributed by atoms with Gasteiger partial charge in [0, 0.05) is 18.9 Å². The number of nitrogens with zero attached hydrogens (tertiary/aromatic N) is 1. The molecular formula is C29H38N2O3. The van der Waals surface area contributed by atoms with Crippen LogP contribution in [0.2, 0.25) is 0 Å². The largest absolute Gasteiger partial charge is 0.365 e. The maximum absolute atomic E-state index is 12.5. The Hall–Kier alpha value is -2.27. The summed E-state index contributed by atoms with van der Waals surface area (Å²) in [6.07, 6.45) is 10.7. The van der Waals surface area contributed by atoms with Crippen molar-refractivity contribution in [1.29, 1.82) is 0 Å². The number of carbonyl (C=O) groups is 2. The van der Waals surface area contributed by atoms with Crippen molar-refractivity contribution in [2.75, 3.05) is 0 Å². The van der Waals surface area contributed by atoms with Crippen LogP contribution in [0.15, 0.2) is 41.1 Å². The van der Waals surface area contributed by atoms with E-state index in [1.807, 2.05) is 25.1 Å². The number of hydrogen-bond donors (Lipinski definition) is 1. The summed E-state index contributed by atoms with van der Waals surface area (Å²) < 4.78 is 0. The van der Waals surface area contributed by atoms with Crippen molar-refractivity contribution in [3.8, 4) is 0 Å². The van der Waals surface area contributed by atoms with E-state index in [0.29, 0.717) is 42.1 Å². The third-order valence-corrected chi connectivity index (χ3v) is 10.2. The predicted octanol–water partition coefficient (Wildman–Crippen LogP) is 5.83. The fourth-order valence-electron chi connectivity index (χ4n) is 8.25. The van der Waals surface area contributed by atoms with Crippen LogP contribution in [0.25, 0.3) is 0 Å². The van der Waals surface area contributed by atoms with E-state index in [0.717, 1.165) is 36.5 Å².